The highest BCUT2D eigenvalue weighted by molar-refractivity contribution is 7.89. The number of hydrogen-bond donors (Lipinski definition) is 1. The van der Waals surface area contributed by atoms with Gasteiger partial charge in [0, 0.05) is 25.5 Å². The molecule has 1 aliphatic rings. The number of pyridine rings is 1. The number of sulfonamides is 1. The van der Waals surface area contributed by atoms with E-state index in [4.69, 9.17) is 0 Å². The van der Waals surface area contributed by atoms with E-state index in [1.165, 1.54) is 0 Å². The first-order chi connectivity index (χ1) is 9.62. The fourth-order valence-corrected chi connectivity index (χ4v) is 4.12. The topological polar surface area (TPSA) is 62.3 Å². The van der Waals surface area contributed by atoms with Crippen LogP contribution < -0.4 is 5.32 Å². The van der Waals surface area contributed by atoms with Gasteiger partial charge in [0.15, 0.2) is 0 Å². The predicted molar refractivity (Wildman–Crippen MR) is 80.0 cm³/mol. The maximum atomic E-state index is 12.3. The third-order valence-electron chi connectivity index (χ3n) is 3.86. The minimum Gasteiger partial charge on any atom is -0.319 e. The zero-order chi connectivity index (χ0) is 14.4. The molecule has 1 fully saturated rings. The molecule has 0 spiro atoms. The molecule has 1 aliphatic heterocycles. The Balaban J connectivity index is 1.85. The van der Waals surface area contributed by atoms with Crippen molar-refractivity contribution in [1.29, 1.82) is 0 Å². The monoisotopic (exact) mass is 297 g/mol. The highest BCUT2D eigenvalue weighted by Crippen LogP contribution is 2.19. The van der Waals surface area contributed by atoms with Gasteiger partial charge < -0.3 is 5.32 Å². The van der Waals surface area contributed by atoms with Gasteiger partial charge in [0.2, 0.25) is 10.0 Å². The third kappa shape index (κ3) is 4.26. The Kier molecular flexibility index (Phi) is 5.51. The lowest BCUT2D eigenvalue weighted by molar-refractivity contribution is 0.271. The molecule has 6 heteroatoms. The molecule has 112 valence electrons. The van der Waals surface area contributed by atoms with E-state index in [-0.39, 0.29) is 5.75 Å². The van der Waals surface area contributed by atoms with Gasteiger partial charge in [0.25, 0.3) is 0 Å². The number of hydrogen-bond acceptors (Lipinski definition) is 4. The lowest BCUT2D eigenvalue weighted by Crippen LogP contribution is -2.41. The summed E-state index contributed by atoms with van der Waals surface area (Å²) in [6.07, 6.45) is 5.86. The Morgan fingerprint density at radius 1 is 1.30 bits per heavy atom. The van der Waals surface area contributed by atoms with E-state index in [2.05, 4.69) is 10.3 Å². The molecule has 0 aromatic carbocycles. The van der Waals surface area contributed by atoms with Gasteiger partial charge >= 0.3 is 0 Å². The van der Waals surface area contributed by atoms with E-state index >= 15 is 0 Å². The molecule has 2 heterocycles. The van der Waals surface area contributed by atoms with Crippen LogP contribution in [0.3, 0.4) is 0 Å². The van der Waals surface area contributed by atoms with Gasteiger partial charge in [-0.3, -0.25) is 4.98 Å². The van der Waals surface area contributed by atoms with E-state index in [1.807, 2.05) is 19.2 Å². The number of aryl methyl sites for hydroxylation is 1. The summed E-state index contributed by atoms with van der Waals surface area (Å²) in [6.45, 7) is 2.29. The fourth-order valence-electron chi connectivity index (χ4n) is 2.61. The van der Waals surface area contributed by atoms with Crippen molar-refractivity contribution in [3.63, 3.8) is 0 Å². The second kappa shape index (κ2) is 7.15. The van der Waals surface area contributed by atoms with Crippen molar-refractivity contribution in [2.24, 2.45) is 5.92 Å². The third-order valence-corrected chi connectivity index (χ3v) is 5.73. The van der Waals surface area contributed by atoms with Crippen LogP contribution in [-0.2, 0) is 16.4 Å². The molecule has 1 aromatic rings. The van der Waals surface area contributed by atoms with Gasteiger partial charge in [-0.2, -0.15) is 0 Å². The maximum Gasteiger partial charge on any atom is 0.214 e. The van der Waals surface area contributed by atoms with Gasteiger partial charge in [0.1, 0.15) is 0 Å². The van der Waals surface area contributed by atoms with E-state index in [9.17, 15) is 8.42 Å². The molecule has 0 amide bonds. The standard InChI is InChI=1S/C14H23N3O2S/c1-15-12-14-4-9-17(10-5-14)20(18,19)11-6-13-2-7-16-8-3-13/h2-3,7-8,14-15H,4-6,9-12H2,1H3. The van der Waals surface area contributed by atoms with Gasteiger partial charge in [-0.25, -0.2) is 12.7 Å². The molecule has 2 rings (SSSR count). The fraction of sp³-hybridized carbons (Fsp3) is 0.643. The second-order valence-corrected chi connectivity index (χ2v) is 7.41. The van der Waals surface area contributed by atoms with Crippen LogP contribution in [0, 0.1) is 5.92 Å². The van der Waals surface area contributed by atoms with Crippen molar-refractivity contribution in [2.45, 2.75) is 19.3 Å². The summed E-state index contributed by atoms with van der Waals surface area (Å²) < 4.78 is 26.3. The Morgan fingerprint density at radius 3 is 2.55 bits per heavy atom. The molecule has 1 N–H and O–H groups in total. The van der Waals surface area contributed by atoms with Crippen LogP contribution in [0.2, 0.25) is 0 Å². The zero-order valence-corrected chi connectivity index (χ0v) is 12.8. The Hall–Kier alpha value is -0.980. The zero-order valence-electron chi connectivity index (χ0n) is 12.0. The molecule has 20 heavy (non-hydrogen) atoms. The summed E-state index contributed by atoms with van der Waals surface area (Å²) in [4.78, 5) is 3.94. The highest BCUT2D eigenvalue weighted by atomic mass is 32.2. The number of aromatic nitrogens is 1. The Morgan fingerprint density at radius 2 is 1.95 bits per heavy atom. The summed E-state index contributed by atoms with van der Waals surface area (Å²) >= 11 is 0. The summed E-state index contributed by atoms with van der Waals surface area (Å²) in [5.41, 5.74) is 1.02. The summed E-state index contributed by atoms with van der Waals surface area (Å²) in [6, 6.07) is 3.74. The Labute approximate surface area is 121 Å². The summed E-state index contributed by atoms with van der Waals surface area (Å²) in [7, 11) is -1.19. The van der Waals surface area contributed by atoms with Crippen molar-refractivity contribution in [3.8, 4) is 0 Å². The van der Waals surface area contributed by atoms with E-state index in [0.29, 0.717) is 25.4 Å². The lowest BCUT2D eigenvalue weighted by atomic mass is 9.98. The van der Waals surface area contributed by atoms with E-state index in [1.54, 1.807) is 16.7 Å². The minimum absolute atomic E-state index is 0.188. The van der Waals surface area contributed by atoms with E-state index < -0.39 is 10.0 Å². The largest absolute Gasteiger partial charge is 0.319 e. The molecule has 0 aliphatic carbocycles. The number of nitrogens with one attached hydrogen (secondary N) is 1. The first-order valence-corrected chi connectivity index (χ1v) is 8.74. The molecule has 0 radical (unpaired) electrons. The molecular weight excluding hydrogens is 274 g/mol. The van der Waals surface area contributed by atoms with Gasteiger partial charge in [0.05, 0.1) is 5.75 Å². The van der Waals surface area contributed by atoms with Gasteiger partial charge in [-0.15, -0.1) is 0 Å². The first kappa shape index (κ1) is 15.4. The van der Waals surface area contributed by atoms with Crippen molar-refractivity contribution in [1.82, 2.24) is 14.6 Å². The Bertz CT molecular complexity index is 496. The average molecular weight is 297 g/mol. The van der Waals surface area contributed by atoms with Crippen LogP contribution in [-0.4, -0.2) is 50.1 Å². The molecule has 5 nitrogen and oxygen atoms in total. The molecule has 1 saturated heterocycles. The van der Waals surface area contributed by atoms with Crippen molar-refractivity contribution in [3.05, 3.63) is 30.1 Å². The van der Waals surface area contributed by atoms with Gasteiger partial charge in [-0.05, 0) is 56.5 Å². The lowest BCUT2D eigenvalue weighted by Gasteiger charge is -2.31. The molecule has 0 atom stereocenters. The maximum absolute atomic E-state index is 12.3. The van der Waals surface area contributed by atoms with E-state index in [0.717, 1.165) is 24.9 Å². The number of nitrogens with zero attached hydrogens (tertiary/aromatic N) is 2. The van der Waals surface area contributed by atoms with Crippen molar-refractivity contribution >= 4 is 10.0 Å². The van der Waals surface area contributed by atoms with Crippen LogP contribution in [0.4, 0.5) is 0 Å². The average Bonchev–Trinajstić information content (AvgIpc) is 2.47. The van der Waals surface area contributed by atoms with Crippen LogP contribution in [0.1, 0.15) is 18.4 Å². The molecule has 0 saturated carbocycles. The smallest absolute Gasteiger partial charge is 0.214 e. The van der Waals surface area contributed by atoms with Crippen LogP contribution in [0.25, 0.3) is 0 Å². The highest BCUT2D eigenvalue weighted by Gasteiger charge is 2.27. The first-order valence-electron chi connectivity index (χ1n) is 7.13. The number of rotatable bonds is 6. The minimum atomic E-state index is -3.13. The van der Waals surface area contributed by atoms with Crippen LogP contribution in [0.5, 0.6) is 0 Å². The van der Waals surface area contributed by atoms with Crippen molar-refractivity contribution in [2.75, 3.05) is 32.4 Å². The second-order valence-electron chi connectivity index (χ2n) is 5.32. The van der Waals surface area contributed by atoms with Crippen LogP contribution >= 0.6 is 0 Å². The predicted octanol–water partition coefficient (Wildman–Crippen LogP) is 0.885. The molecule has 0 bridgehead atoms. The van der Waals surface area contributed by atoms with Gasteiger partial charge in [-0.1, -0.05) is 0 Å². The molecule has 1 aromatic heterocycles. The molecule has 0 unspecified atom stereocenters. The van der Waals surface area contributed by atoms with Crippen LogP contribution in [0.15, 0.2) is 24.5 Å². The quantitative estimate of drug-likeness (QED) is 0.847. The summed E-state index contributed by atoms with van der Waals surface area (Å²) in [5.74, 6) is 0.792. The number of piperidine rings is 1. The molecular formula is C14H23N3O2S. The normalized spacial score (nSPS) is 18.2. The summed E-state index contributed by atoms with van der Waals surface area (Å²) in [5, 5.41) is 3.16. The van der Waals surface area contributed by atoms with Crippen molar-refractivity contribution < 1.29 is 8.42 Å². The SMILES string of the molecule is CNCC1CCN(S(=O)(=O)CCc2ccncc2)CC1.